The molecule has 0 aromatic rings. The van der Waals surface area contributed by atoms with Gasteiger partial charge < -0.3 is 15.6 Å². The molecule has 0 bridgehead atoms. The summed E-state index contributed by atoms with van der Waals surface area (Å²) in [5, 5.41) is 9.68. The van der Waals surface area contributed by atoms with Crippen molar-refractivity contribution in [2.75, 3.05) is 19.8 Å². The van der Waals surface area contributed by atoms with Crippen LogP contribution in [0.15, 0.2) is 0 Å². The Labute approximate surface area is 103 Å². The summed E-state index contributed by atoms with van der Waals surface area (Å²) in [6.45, 7) is 1.93. The van der Waals surface area contributed by atoms with Crippen LogP contribution in [0.1, 0.15) is 32.1 Å². The second-order valence-corrected chi connectivity index (χ2v) is 5.81. The molecule has 3 aliphatic rings. The number of hydrogen-bond donors (Lipinski definition) is 2. The van der Waals surface area contributed by atoms with Gasteiger partial charge in [-0.2, -0.15) is 0 Å². The predicted octanol–water partition coefficient (Wildman–Crippen LogP) is 0.338. The first-order valence-corrected chi connectivity index (χ1v) is 7.05. The lowest BCUT2D eigenvalue weighted by Gasteiger charge is -2.44. The molecule has 0 aromatic heterocycles. The highest BCUT2D eigenvalue weighted by Crippen LogP contribution is 2.37. The molecule has 3 rings (SSSR count). The predicted molar refractivity (Wildman–Crippen MR) is 65.7 cm³/mol. The smallest absolute Gasteiger partial charge is 0.0731 e. The largest absolute Gasteiger partial charge is 0.395 e. The summed E-state index contributed by atoms with van der Waals surface area (Å²) < 4.78 is 5.82. The molecule has 4 heteroatoms. The molecule has 0 aromatic carbocycles. The van der Waals surface area contributed by atoms with Crippen molar-refractivity contribution >= 4 is 0 Å². The van der Waals surface area contributed by atoms with Crippen molar-refractivity contribution in [3.05, 3.63) is 0 Å². The number of aliphatic hydroxyl groups is 1. The van der Waals surface area contributed by atoms with Gasteiger partial charge in [0.1, 0.15) is 0 Å². The monoisotopic (exact) mass is 240 g/mol. The Hall–Kier alpha value is -0.160. The molecule has 0 amide bonds. The number of fused-ring (bicyclic) bond motifs is 1. The summed E-state index contributed by atoms with van der Waals surface area (Å²) in [6.07, 6.45) is 6.52. The Morgan fingerprint density at radius 2 is 2.12 bits per heavy atom. The third kappa shape index (κ3) is 2.24. The Kier molecular flexibility index (Phi) is 3.39. The van der Waals surface area contributed by atoms with Crippen molar-refractivity contribution in [2.24, 2.45) is 11.7 Å². The minimum absolute atomic E-state index is 0.150. The molecule has 1 aliphatic heterocycles. The van der Waals surface area contributed by atoms with Crippen LogP contribution in [0.5, 0.6) is 0 Å². The third-order valence-electron chi connectivity index (χ3n) is 4.75. The van der Waals surface area contributed by atoms with Gasteiger partial charge in [0, 0.05) is 24.7 Å². The highest BCUT2D eigenvalue weighted by molar-refractivity contribution is 4.99. The lowest BCUT2D eigenvalue weighted by atomic mass is 9.99. The van der Waals surface area contributed by atoms with E-state index in [1.165, 1.54) is 32.1 Å². The molecule has 3 fully saturated rings. The number of nitrogens with zero attached hydrogens (tertiary/aromatic N) is 1. The topological polar surface area (TPSA) is 58.7 Å². The second-order valence-electron chi connectivity index (χ2n) is 5.81. The van der Waals surface area contributed by atoms with Crippen molar-refractivity contribution in [1.82, 2.24) is 4.90 Å². The first-order valence-electron chi connectivity index (χ1n) is 7.05. The highest BCUT2D eigenvalue weighted by Gasteiger charge is 2.43. The van der Waals surface area contributed by atoms with Gasteiger partial charge >= 0.3 is 0 Å². The molecule has 98 valence electrons. The molecule has 17 heavy (non-hydrogen) atoms. The Morgan fingerprint density at radius 1 is 1.29 bits per heavy atom. The van der Waals surface area contributed by atoms with Gasteiger partial charge in [-0.1, -0.05) is 0 Å². The van der Waals surface area contributed by atoms with Gasteiger partial charge in [0.25, 0.3) is 0 Å². The van der Waals surface area contributed by atoms with Crippen LogP contribution in [0.4, 0.5) is 0 Å². The number of nitrogens with two attached hydrogens (primary N) is 1. The van der Waals surface area contributed by atoms with E-state index in [1.54, 1.807) is 0 Å². The minimum atomic E-state index is 0.150. The second kappa shape index (κ2) is 4.84. The Morgan fingerprint density at radius 3 is 2.82 bits per heavy atom. The molecular weight excluding hydrogens is 216 g/mol. The number of morpholine rings is 1. The highest BCUT2D eigenvalue weighted by atomic mass is 16.5. The zero-order valence-electron chi connectivity index (χ0n) is 10.4. The average Bonchev–Trinajstić information content (AvgIpc) is 3.08. The maximum atomic E-state index is 9.68. The lowest BCUT2D eigenvalue weighted by Crippen LogP contribution is -2.60. The zero-order chi connectivity index (χ0) is 11.8. The summed E-state index contributed by atoms with van der Waals surface area (Å²) in [5.74, 6) is 0.648. The fraction of sp³-hybridized carbons (Fsp3) is 1.00. The van der Waals surface area contributed by atoms with E-state index in [4.69, 9.17) is 10.5 Å². The standard InChI is InChI=1S/C13H24N2O2/c14-13(9-4-5-9)11(8-16)15-6-7-17-12-3-1-2-10(12)15/h9-13,16H,1-8,14H2. The van der Waals surface area contributed by atoms with Crippen molar-refractivity contribution < 1.29 is 9.84 Å². The van der Waals surface area contributed by atoms with E-state index >= 15 is 0 Å². The van der Waals surface area contributed by atoms with Crippen molar-refractivity contribution in [3.63, 3.8) is 0 Å². The number of rotatable bonds is 4. The van der Waals surface area contributed by atoms with Crippen LogP contribution in [0, 0.1) is 5.92 Å². The molecule has 2 saturated carbocycles. The van der Waals surface area contributed by atoms with Crippen LogP contribution in [-0.2, 0) is 4.74 Å². The molecule has 1 heterocycles. The molecule has 0 radical (unpaired) electrons. The van der Waals surface area contributed by atoms with Gasteiger partial charge in [-0.25, -0.2) is 0 Å². The van der Waals surface area contributed by atoms with E-state index in [2.05, 4.69) is 4.90 Å². The summed E-state index contributed by atoms with van der Waals surface area (Å²) >= 11 is 0. The lowest BCUT2D eigenvalue weighted by molar-refractivity contribution is -0.0836. The Balaban J connectivity index is 1.70. The van der Waals surface area contributed by atoms with Crippen LogP contribution in [-0.4, -0.2) is 54.0 Å². The fourth-order valence-electron chi connectivity index (χ4n) is 3.61. The van der Waals surface area contributed by atoms with E-state index in [-0.39, 0.29) is 18.7 Å². The zero-order valence-corrected chi connectivity index (χ0v) is 10.4. The number of hydrogen-bond acceptors (Lipinski definition) is 4. The molecule has 0 spiro atoms. The fourth-order valence-corrected chi connectivity index (χ4v) is 3.61. The summed E-state index contributed by atoms with van der Waals surface area (Å²) in [5.41, 5.74) is 6.30. The van der Waals surface area contributed by atoms with Crippen LogP contribution in [0.2, 0.25) is 0 Å². The van der Waals surface area contributed by atoms with E-state index in [1.807, 2.05) is 0 Å². The Bertz CT molecular complexity index is 270. The van der Waals surface area contributed by atoms with E-state index in [0.29, 0.717) is 18.1 Å². The minimum Gasteiger partial charge on any atom is -0.395 e. The van der Waals surface area contributed by atoms with Gasteiger partial charge in [0.05, 0.1) is 19.3 Å². The molecule has 4 unspecified atom stereocenters. The molecule has 3 N–H and O–H groups in total. The molecule has 1 saturated heterocycles. The van der Waals surface area contributed by atoms with Crippen molar-refractivity contribution in [1.29, 1.82) is 0 Å². The van der Waals surface area contributed by atoms with Crippen molar-refractivity contribution in [2.45, 2.75) is 56.3 Å². The maximum Gasteiger partial charge on any atom is 0.0731 e. The van der Waals surface area contributed by atoms with E-state index in [9.17, 15) is 5.11 Å². The normalized spacial score (nSPS) is 37.8. The first kappa shape index (κ1) is 11.9. The molecule has 4 nitrogen and oxygen atoms in total. The van der Waals surface area contributed by atoms with Gasteiger partial charge in [-0.15, -0.1) is 0 Å². The van der Waals surface area contributed by atoms with Crippen LogP contribution < -0.4 is 5.73 Å². The first-order chi connectivity index (χ1) is 8.31. The van der Waals surface area contributed by atoms with Gasteiger partial charge in [0.2, 0.25) is 0 Å². The van der Waals surface area contributed by atoms with Gasteiger partial charge in [-0.3, -0.25) is 4.90 Å². The van der Waals surface area contributed by atoms with Gasteiger partial charge in [-0.05, 0) is 38.0 Å². The van der Waals surface area contributed by atoms with Crippen LogP contribution in [0.3, 0.4) is 0 Å². The average molecular weight is 240 g/mol. The quantitative estimate of drug-likeness (QED) is 0.744. The van der Waals surface area contributed by atoms with E-state index < -0.39 is 0 Å². The van der Waals surface area contributed by atoms with Crippen LogP contribution in [0.25, 0.3) is 0 Å². The SMILES string of the molecule is NC(C1CC1)C(CO)N1CCOC2CCCC21. The maximum absolute atomic E-state index is 9.68. The molecule has 2 aliphatic carbocycles. The molecular formula is C13H24N2O2. The molecule has 4 atom stereocenters. The number of ether oxygens (including phenoxy) is 1. The van der Waals surface area contributed by atoms with Crippen LogP contribution >= 0.6 is 0 Å². The van der Waals surface area contributed by atoms with E-state index in [0.717, 1.165) is 13.2 Å². The number of aliphatic hydroxyl groups excluding tert-OH is 1. The van der Waals surface area contributed by atoms with Gasteiger partial charge in [0.15, 0.2) is 0 Å². The summed E-state index contributed by atoms with van der Waals surface area (Å²) in [7, 11) is 0. The summed E-state index contributed by atoms with van der Waals surface area (Å²) in [6, 6.07) is 0.807. The third-order valence-corrected chi connectivity index (χ3v) is 4.75. The summed E-state index contributed by atoms with van der Waals surface area (Å²) in [4.78, 5) is 2.45. The van der Waals surface area contributed by atoms with Crippen molar-refractivity contribution in [3.8, 4) is 0 Å².